The summed E-state index contributed by atoms with van der Waals surface area (Å²) in [6, 6.07) is 13.1. The van der Waals surface area contributed by atoms with Crippen molar-refractivity contribution in [3.05, 3.63) is 62.9 Å². The van der Waals surface area contributed by atoms with Crippen LogP contribution < -0.4 is 9.47 Å². The van der Waals surface area contributed by atoms with Gasteiger partial charge in [0.25, 0.3) is 0 Å². The van der Waals surface area contributed by atoms with Crippen LogP contribution in [0.1, 0.15) is 25.0 Å². The maximum Gasteiger partial charge on any atom is 0.363 e. The van der Waals surface area contributed by atoms with Crippen LogP contribution in [0, 0.1) is 3.57 Å². The van der Waals surface area contributed by atoms with E-state index in [-0.39, 0.29) is 11.8 Å². The highest BCUT2D eigenvalue weighted by Gasteiger charge is 2.24. The van der Waals surface area contributed by atoms with Gasteiger partial charge in [-0.15, -0.1) is 0 Å². The Bertz CT molecular complexity index is 885. The van der Waals surface area contributed by atoms with E-state index in [4.69, 9.17) is 14.2 Å². The van der Waals surface area contributed by atoms with Gasteiger partial charge in [0.15, 0.2) is 17.2 Å². The standard InChI is InChI=1S/C20H18INO4/c1-12(2)25-17-9-4-13(11-18(17)24-3)10-16-20(23)26-19(22-16)14-5-7-15(21)8-6-14/h4-12H,1-3H3/b16-10+. The average Bonchev–Trinajstić information content (AvgIpc) is 2.97. The summed E-state index contributed by atoms with van der Waals surface area (Å²) in [5, 5.41) is 0. The zero-order valence-corrected chi connectivity index (χ0v) is 16.8. The van der Waals surface area contributed by atoms with E-state index in [9.17, 15) is 4.79 Å². The van der Waals surface area contributed by atoms with Gasteiger partial charge in [-0.2, -0.15) is 0 Å². The third kappa shape index (κ3) is 4.24. The molecule has 0 aromatic heterocycles. The van der Waals surface area contributed by atoms with Crippen molar-refractivity contribution >= 4 is 40.5 Å². The molecule has 0 spiro atoms. The fourth-order valence-electron chi connectivity index (χ4n) is 2.41. The number of aliphatic imine (C=N–C) groups is 1. The molecule has 0 aliphatic carbocycles. The van der Waals surface area contributed by atoms with Crippen LogP contribution in [0.15, 0.2) is 53.2 Å². The summed E-state index contributed by atoms with van der Waals surface area (Å²) in [5.74, 6) is 1.09. The molecule has 2 aromatic rings. The van der Waals surface area contributed by atoms with Gasteiger partial charge in [0.05, 0.1) is 13.2 Å². The monoisotopic (exact) mass is 463 g/mol. The number of hydrogen-bond donors (Lipinski definition) is 0. The summed E-state index contributed by atoms with van der Waals surface area (Å²) in [4.78, 5) is 16.5. The second-order valence-corrected chi connectivity index (χ2v) is 7.17. The van der Waals surface area contributed by atoms with Crippen LogP contribution in [0.4, 0.5) is 0 Å². The third-order valence-electron chi connectivity index (χ3n) is 3.57. The fraction of sp³-hybridized carbons (Fsp3) is 0.200. The largest absolute Gasteiger partial charge is 0.493 e. The molecular formula is C20H18INO4. The summed E-state index contributed by atoms with van der Waals surface area (Å²) < 4.78 is 17.5. The van der Waals surface area contributed by atoms with E-state index in [2.05, 4.69) is 27.6 Å². The molecule has 0 bridgehead atoms. The van der Waals surface area contributed by atoms with E-state index in [1.807, 2.05) is 50.2 Å². The molecule has 0 amide bonds. The summed E-state index contributed by atoms with van der Waals surface area (Å²) in [6.07, 6.45) is 1.71. The predicted molar refractivity (Wildman–Crippen MR) is 109 cm³/mol. The number of hydrogen-bond acceptors (Lipinski definition) is 5. The lowest BCUT2D eigenvalue weighted by Crippen LogP contribution is -2.06. The van der Waals surface area contributed by atoms with E-state index < -0.39 is 5.97 Å². The summed E-state index contributed by atoms with van der Waals surface area (Å²) in [7, 11) is 1.58. The number of nitrogens with zero attached hydrogens (tertiary/aromatic N) is 1. The van der Waals surface area contributed by atoms with Crippen molar-refractivity contribution in [1.29, 1.82) is 0 Å². The first kappa shape index (κ1) is 18.4. The van der Waals surface area contributed by atoms with Gasteiger partial charge in [-0.25, -0.2) is 9.79 Å². The molecule has 0 fully saturated rings. The molecule has 2 aromatic carbocycles. The molecule has 0 N–H and O–H groups in total. The van der Waals surface area contributed by atoms with E-state index >= 15 is 0 Å². The smallest absolute Gasteiger partial charge is 0.363 e. The van der Waals surface area contributed by atoms with Gasteiger partial charge in [0.1, 0.15) is 0 Å². The van der Waals surface area contributed by atoms with Crippen LogP contribution in [0.25, 0.3) is 6.08 Å². The SMILES string of the molecule is COc1cc(/C=C2/N=C(c3ccc(I)cc3)OC2=O)ccc1OC(C)C. The Morgan fingerprint density at radius 1 is 1.12 bits per heavy atom. The van der Waals surface area contributed by atoms with Crippen molar-refractivity contribution in [1.82, 2.24) is 0 Å². The quantitative estimate of drug-likeness (QED) is 0.374. The molecule has 0 saturated carbocycles. The zero-order valence-electron chi connectivity index (χ0n) is 14.7. The molecule has 26 heavy (non-hydrogen) atoms. The van der Waals surface area contributed by atoms with Gasteiger partial charge in [0, 0.05) is 9.13 Å². The van der Waals surface area contributed by atoms with E-state index in [1.54, 1.807) is 19.3 Å². The summed E-state index contributed by atoms with van der Waals surface area (Å²) in [6.45, 7) is 3.90. The Morgan fingerprint density at radius 2 is 1.85 bits per heavy atom. The first-order valence-electron chi connectivity index (χ1n) is 8.09. The normalized spacial score (nSPS) is 15.2. The Hall–Kier alpha value is -2.35. The number of halogens is 1. The van der Waals surface area contributed by atoms with Crippen LogP contribution in [0.2, 0.25) is 0 Å². The van der Waals surface area contributed by atoms with Crippen molar-refractivity contribution in [3.63, 3.8) is 0 Å². The van der Waals surface area contributed by atoms with Gasteiger partial charge in [-0.1, -0.05) is 6.07 Å². The first-order valence-corrected chi connectivity index (χ1v) is 9.17. The minimum atomic E-state index is -0.472. The maximum absolute atomic E-state index is 12.1. The summed E-state index contributed by atoms with van der Waals surface area (Å²) in [5.41, 5.74) is 1.79. The highest BCUT2D eigenvalue weighted by atomic mass is 127. The van der Waals surface area contributed by atoms with Crippen molar-refractivity contribution in [2.45, 2.75) is 20.0 Å². The molecule has 1 aliphatic rings. The number of methoxy groups -OCH3 is 1. The molecule has 0 saturated heterocycles. The van der Waals surface area contributed by atoms with E-state index in [1.165, 1.54) is 0 Å². The molecule has 6 heteroatoms. The predicted octanol–water partition coefficient (Wildman–Crippen LogP) is 4.43. The topological polar surface area (TPSA) is 57.1 Å². The minimum Gasteiger partial charge on any atom is -0.493 e. The summed E-state index contributed by atoms with van der Waals surface area (Å²) >= 11 is 2.22. The fourth-order valence-corrected chi connectivity index (χ4v) is 2.77. The van der Waals surface area contributed by atoms with Crippen molar-refractivity contribution in [3.8, 4) is 11.5 Å². The average molecular weight is 463 g/mol. The number of ether oxygens (including phenoxy) is 3. The minimum absolute atomic E-state index is 0.0407. The molecule has 0 unspecified atom stereocenters. The molecule has 3 rings (SSSR count). The lowest BCUT2D eigenvalue weighted by molar-refractivity contribution is -0.129. The van der Waals surface area contributed by atoms with E-state index in [0.29, 0.717) is 17.4 Å². The lowest BCUT2D eigenvalue weighted by Gasteiger charge is -2.13. The Morgan fingerprint density at radius 3 is 2.50 bits per heavy atom. The number of carbonyl (C=O) groups excluding carboxylic acids is 1. The van der Waals surface area contributed by atoms with Crippen LogP contribution in [-0.2, 0) is 9.53 Å². The molecular weight excluding hydrogens is 445 g/mol. The van der Waals surface area contributed by atoms with E-state index in [0.717, 1.165) is 14.7 Å². The highest BCUT2D eigenvalue weighted by Crippen LogP contribution is 2.30. The number of esters is 1. The second-order valence-electron chi connectivity index (χ2n) is 5.92. The van der Waals surface area contributed by atoms with Crippen LogP contribution in [-0.4, -0.2) is 25.1 Å². The Balaban J connectivity index is 1.89. The number of cyclic esters (lactones) is 1. The van der Waals surface area contributed by atoms with Crippen molar-refractivity contribution in [2.75, 3.05) is 7.11 Å². The van der Waals surface area contributed by atoms with Gasteiger partial charge in [-0.05, 0) is 84.5 Å². The van der Waals surface area contributed by atoms with Crippen molar-refractivity contribution in [2.24, 2.45) is 4.99 Å². The second kappa shape index (κ2) is 7.90. The molecule has 1 aliphatic heterocycles. The van der Waals surface area contributed by atoms with Gasteiger partial charge >= 0.3 is 5.97 Å². The molecule has 0 atom stereocenters. The number of carbonyl (C=O) groups is 1. The van der Waals surface area contributed by atoms with Gasteiger partial charge in [-0.3, -0.25) is 0 Å². The van der Waals surface area contributed by atoms with Gasteiger partial charge < -0.3 is 14.2 Å². The Kier molecular flexibility index (Phi) is 5.61. The Labute approximate surface area is 165 Å². The highest BCUT2D eigenvalue weighted by molar-refractivity contribution is 14.1. The van der Waals surface area contributed by atoms with Crippen molar-refractivity contribution < 1.29 is 19.0 Å². The molecule has 0 radical (unpaired) electrons. The molecule has 5 nitrogen and oxygen atoms in total. The van der Waals surface area contributed by atoms with Crippen LogP contribution >= 0.6 is 22.6 Å². The maximum atomic E-state index is 12.1. The molecule has 1 heterocycles. The molecule has 134 valence electrons. The number of benzene rings is 2. The van der Waals surface area contributed by atoms with Gasteiger partial charge in [0.2, 0.25) is 5.90 Å². The zero-order chi connectivity index (χ0) is 18.7. The van der Waals surface area contributed by atoms with Crippen LogP contribution in [0.3, 0.4) is 0 Å². The third-order valence-corrected chi connectivity index (χ3v) is 4.28. The first-order chi connectivity index (χ1) is 12.5. The number of rotatable bonds is 5. The lowest BCUT2D eigenvalue weighted by atomic mass is 10.1. The van der Waals surface area contributed by atoms with Crippen LogP contribution in [0.5, 0.6) is 11.5 Å².